The Labute approximate surface area is 138 Å². The van der Waals surface area contributed by atoms with Gasteiger partial charge in [0, 0.05) is 13.2 Å². The van der Waals surface area contributed by atoms with Gasteiger partial charge in [0.05, 0.1) is 29.4 Å². The van der Waals surface area contributed by atoms with Crippen LogP contribution < -0.4 is 11.1 Å². The van der Waals surface area contributed by atoms with Gasteiger partial charge in [0.1, 0.15) is 5.82 Å². The van der Waals surface area contributed by atoms with Gasteiger partial charge in [0.25, 0.3) is 0 Å². The van der Waals surface area contributed by atoms with Crippen molar-refractivity contribution in [2.75, 3.05) is 11.1 Å². The van der Waals surface area contributed by atoms with E-state index in [1.165, 1.54) is 0 Å². The van der Waals surface area contributed by atoms with E-state index >= 15 is 0 Å². The molecule has 8 heteroatoms. The first-order valence-electron chi connectivity index (χ1n) is 7.92. The van der Waals surface area contributed by atoms with E-state index in [9.17, 15) is 5.11 Å². The van der Waals surface area contributed by atoms with Crippen LogP contribution in [0.2, 0.25) is 0 Å². The van der Waals surface area contributed by atoms with Gasteiger partial charge in [-0.3, -0.25) is 9.67 Å². The fraction of sp³-hybridized carbons (Fsp3) is 0.375. The van der Waals surface area contributed by atoms with E-state index in [0.717, 1.165) is 23.9 Å². The van der Waals surface area contributed by atoms with Crippen molar-refractivity contribution in [1.82, 2.24) is 24.7 Å². The fourth-order valence-electron chi connectivity index (χ4n) is 3.14. The summed E-state index contributed by atoms with van der Waals surface area (Å²) in [5.74, 6) is 1.12. The molecule has 1 saturated carbocycles. The summed E-state index contributed by atoms with van der Waals surface area (Å²) in [6.45, 7) is 0. The summed E-state index contributed by atoms with van der Waals surface area (Å²) in [6, 6.07) is 5.73. The number of anilines is 2. The van der Waals surface area contributed by atoms with Gasteiger partial charge in [-0.1, -0.05) is 6.07 Å². The lowest BCUT2D eigenvalue weighted by atomic mass is 9.76. The van der Waals surface area contributed by atoms with Gasteiger partial charge in [-0.25, -0.2) is 0 Å². The van der Waals surface area contributed by atoms with Crippen molar-refractivity contribution < 1.29 is 5.11 Å². The molecule has 4 N–H and O–H groups in total. The second-order valence-electron chi connectivity index (χ2n) is 6.20. The van der Waals surface area contributed by atoms with Crippen LogP contribution in [0.15, 0.2) is 30.6 Å². The predicted molar refractivity (Wildman–Crippen MR) is 90.0 cm³/mol. The van der Waals surface area contributed by atoms with Crippen LogP contribution in [-0.2, 0) is 7.05 Å². The molecule has 3 aromatic heterocycles. The van der Waals surface area contributed by atoms with E-state index in [4.69, 9.17) is 5.73 Å². The minimum absolute atomic E-state index is 0.0697. The molecule has 1 atom stereocenters. The molecule has 0 amide bonds. The second-order valence-corrected chi connectivity index (χ2v) is 6.20. The second kappa shape index (κ2) is 5.72. The molecule has 0 bridgehead atoms. The molecule has 4 rings (SSSR count). The Hall–Kier alpha value is -2.74. The lowest BCUT2D eigenvalue weighted by molar-refractivity contribution is 0.0333. The molecule has 124 valence electrons. The standard InChI is InChI=1S/C16H19N7O/c1-23-15-11(8-19-23)14(17)21-16(22-15)20-13(9-6-10(24)7-9)12-4-2-3-5-18-12/h2-5,8-10,13,24H,6-7H2,1H3,(H3,17,20,21,22). The zero-order valence-corrected chi connectivity index (χ0v) is 13.3. The molecule has 0 radical (unpaired) electrons. The van der Waals surface area contributed by atoms with Gasteiger partial charge in [-0.15, -0.1) is 0 Å². The molecule has 1 unspecified atom stereocenters. The normalized spacial score (nSPS) is 21.4. The highest BCUT2D eigenvalue weighted by atomic mass is 16.3. The minimum atomic E-state index is -0.242. The van der Waals surface area contributed by atoms with Crippen LogP contribution in [0, 0.1) is 5.92 Å². The molecular formula is C16H19N7O. The van der Waals surface area contributed by atoms with Gasteiger partial charge >= 0.3 is 0 Å². The molecule has 0 spiro atoms. The van der Waals surface area contributed by atoms with Gasteiger partial charge in [0.15, 0.2) is 5.65 Å². The number of aliphatic hydroxyl groups is 1. The van der Waals surface area contributed by atoms with Crippen molar-refractivity contribution in [3.05, 3.63) is 36.3 Å². The van der Waals surface area contributed by atoms with E-state index in [1.54, 1.807) is 17.1 Å². The van der Waals surface area contributed by atoms with E-state index in [2.05, 4.69) is 25.4 Å². The number of fused-ring (bicyclic) bond motifs is 1. The van der Waals surface area contributed by atoms with Crippen LogP contribution in [0.3, 0.4) is 0 Å². The first-order valence-corrected chi connectivity index (χ1v) is 7.92. The maximum absolute atomic E-state index is 9.66. The first kappa shape index (κ1) is 14.8. The van der Waals surface area contributed by atoms with Crippen molar-refractivity contribution in [2.24, 2.45) is 13.0 Å². The number of hydrogen-bond donors (Lipinski definition) is 3. The predicted octanol–water partition coefficient (Wildman–Crippen LogP) is 1.26. The maximum Gasteiger partial charge on any atom is 0.227 e. The third-order valence-electron chi connectivity index (χ3n) is 4.53. The lowest BCUT2D eigenvalue weighted by Gasteiger charge is -2.37. The van der Waals surface area contributed by atoms with Crippen LogP contribution >= 0.6 is 0 Å². The highest BCUT2D eigenvalue weighted by Crippen LogP contribution is 2.39. The number of pyridine rings is 1. The zero-order chi connectivity index (χ0) is 16.7. The van der Waals surface area contributed by atoms with Gasteiger partial charge in [-0.05, 0) is 30.9 Å². The Morgan fingerprint density at radius 2 is 2.17 bits per heavy atom. The van der Waals surface area contributed by atoms with Crippen LogP contribution in [-0.4, -0.2) is 35.9 Å². The highest BCUT2D eigenvalue weighted by molar-refractivity contribution is 5.86. The Bertz CT molecular complexity index is 857. The molecule has 0 saturated heterocycles. The quantitative estimate of drug-likeness (QED) is 0.661. The number of aromatic nitrogens is 5. The van der Waals surface area contributed by atoms with Gasteiger partial charge < -0.3 is 16.2 Å². The highest BCUT2D eigenvalue weighted by Gasteiger charge is 2.36. The topological polar surface area (TPSA) is 115 Å². The summed E-state index contributed by atoms with van der Waals surface area (Å²) < 4.78 is 1.67. The average molecular weight is 325 g/mol. The molecule has 1 aliphatic carbocycles. The summed E-state index contributed by atoms with van der Waals surface area (Å²) in [4.78, 5) is 13.3. The molecule has 24 heavy (non-hydrogen) atoms. The monoisotopic (exact) mass is 325 g/mol. The smallest absolute Gasteiger partial charge is 0.227 e. The summed E-state index contributed by atoms with van der Waals surface area (Å²) in [5.41, 5.74) is 7.61. The van der Waals surface area contributed by atoms with Gasteiger partial charge in [0.2, 0.25) is 5.95 Å². The summed E-state index contributed by atoms with van der Waals surface area (Å²) in [7, 11) is 1.82. The number of nitrogens with two attached hydrogens (primary N) is 1. The molecule has 3 aromatic rings. The summed E-state index contributed by atoms with van der Waals surface area (Å²) in [6.07, 6.45) is 4.65. The van der Waals surface area contributed by atoms with E-state index in [0.29, 0.717) is 17.4 Å². The summed E-state index contributed by atoms with van der Waals surface area (Å²) >= 11 is 0. The average Bonchev–Trinajstić information content (AvgIpc) is 2.93. The number of nitrogen functional groups attached to an aromatic ring is 1. The number of nitrogens with one attached hydrogen (secondary N) is 1. The van der Waals surface area contributed by atoms with Crippen molar-refractivity contribution in [1.29, 1.82) is 0 Å². The maximum atomic E-state index is 9.66. The van der Waals surface area contributed by atoms with Crippen LogP contribution in [0.25, 0.3) is 11.0 Å². The largest absolute Gasteiger partial charge is 0.393 e. The van der Waals surface area contributed by atoms with Crippen molar-refractivity contribution >= 4 is 22.8 Å². The van der Waals surface area contributed by atoms with Crippen LogP contribution in [0.1, 0.15) is 24.6 Å². The summed E-state index contributed by atoms with van der Waals surface area (Å²) in [5, 5.41) is 17.9. The molecule has 0 aliphatic heterocycles. The SMILES string of the molecule is Cn1ncc2c(N)nc(NC(c3ccccn3)C3CC(O)C3)nc21. The lowest BCUT2D eigenvalue weighted by Crippen LogP contribution is -2.36. The third kappa shape index (κ3) is 2.54. The van der Waals surface area contributed by atoms with Crippen LogP contribution in [0.4, 0.5) is 11.8 Å². The third-order valence-corrected chi connectivity index (χ3v) is 4.53. The Morgan fingerprint density at radius 1 is 1.33 bits per heavy atom. The molecule has 0 aromatic carbocycles. The number of rotatable bonds is 4. The Kier molecular flexibility index (Phi) is 3.53. The molecule has 1 aliphatic rings. The Balaban J connectivity index is 1.68. The van der Waals surface area contributed by atoms with Crippen molar-refractivity contribution in [2.45, 2.75) is 25.0 Å². The fourth-order valence-corrected chi connectivity index (χ4v) is 3.14. The molecule has 3 heterocycles. The number of aryl methyl sites for hydroxylation is 1. The van der Waals surface area contributed by atoms with Crippen LogP contribution in [0.5, 0.6) is 0 Å². The Morgan fingerprint density at radius 3 is 2.88 bits per heavy atom. The molecule has 8 nitrogen and oxygen atoms in total. The number of hydrogen-bond acceptors (Lipinski definition) is 7. The molecule has 1 fully saturated rings. The zero-order valence-electron chi connectivity index (χ0n) is 13.3. The minimum Gasteiger partial charge on any atom is -0.393 e. The van der Waals surface area contributed by atoms with E-state index in [-0.39, 0.29) is 18.1 Å². The van der Waals surface area contributed by atoms with Crippen molar-refractivity contribution in [3.8, 4) is 0 Å². The van der Waals surface area contributed by atoms with E-state index in [1.807, 2.05) is 25.2 Å². The molecular weight excluding hydrogens is 306 g/mol. The first-order chi connectivity index (χ1) is 11.6. The number of aliphatic hydroxyl groups excluding tert-OH is 1. The van der Waals surface area contributed by atoms with E-state index < -0.39 is 0 Å². The number of nitrogens with zero attached hydrogens (tertiary/aromatic N) is 5. The van der Waals surface area contributed by atoms with Crippen molar-refractivity contribution in [3.63, 3.8) is 0 Å². The van der Waals surface area contributed by atoms with Gasteiger partial charge in [-0.2, -0.15) is 15.1 Å².